The Balaban J connectivity index is 2.51. The first-order valence-corrected chi connectivity index (χ1v) is 5.59. The number of alkyl halides is 1. The SMILES string of the molecule is CC(Cl)CCNC(=O)c1ccccc1Cl. The van der Waals surface area contributed by atoms with Crippen LogP contribution in [0.3, 0.4) is 0 Å². The van der Waals surface area contributed by atoms with E-state index >= 15 is 0 Å². The number of nitrogens with one attached hydrogen (secondary N) is 1. The molecule has 0 saturated carbocycles. The normalized spacial score (nSPS) is 12.2. The average molecular weight is 246 g/mol. The van der Waals surface area contributed by atoms with Crippen molar-refractivity contribution in [2.75, 3.05) is 6.54 Å². The Morgan fingerprint density at radius 1 is 1.47 bits per heavy atom. The van der Waals surface area contributed by atoms with Crippen LogP contribution in [0, 0.1) is 0 Å². The molecule has 0 heterocycles. The summed E-state index contributed by atoms with van der Waals surface area (Å²) in [5.74, 6) is -0.155. The zero-order valence-corrected chi connectivity index (χ0v) is 9.98. The van der Waals surface area contributed by atoms with E-state index in [0.717, 1.165) is 6.42 Å². The zero-order valence-electron chi connectivity index (χ0n) is 8.47. The third kappa shape index (κ3) is 4.10. The summed E-state index contributed by atoms with van der Waals surface area (Å²) in [7, 11) is 0. The van der Waals surface area contributed by atoms with E-state index in [1.807, 2.05) is 6.92 Å². The number of carbonyl (C=O) groups is 1. The molecule has 15 heavy (non-hydrogen) atoms. The van der Waals surface area contributed by atoms with Gasteiger partial charge in [0.15, 0.2) is 0 Å². The Hall–Kier alpha value is -0.730. The molecular formula is C11H13Cl2NO. The highest BCUT2D eigenvalue weighted by atomic mass is 35.5. The van der Waals surface area contributed by atoms with Crippen molar-refractivity contribution in [3.8, 4) is 0 Å². The van der Waals surface area contributed by atoms with Crippen LogP contribution >= 0.6 is 23.2 Å². The van der Waals surface area contributed by atoms with Gasteiger partial charge in [-0.25, -0.2) is 0 Å². The van der Waals surface area contributed by atoms with Crippen LogP contribution in [0.4, 0.5) is 0 Å². The highest BCUT2D eigenvalue weighted by Crippen LogP contribution is 2.14. The van der Waals surface area contributed by atoms with E-state index in [4.69, 9.17) is 23.2 Å². The quantitative estimate of drug-likeness (QED) is 0.812. The van der Waals surface area contributed by atoms with E-state index < -0.39 is 0 Å². The molecule has 2 nitrogen and oxygen atoms in total. The third-order valence-corrected chi connectivity index (χ3v) is 2.49. The summed E-state index contributed by atoms with van der Waals surface area (Å²) in [5, 5.41) is 3.30. The van der Waals surface area contributed by atoms with Crippen LogP contribution in [-0.2, 0) is 0 Å². The van der Waals surface area contributed by atoms with Gasteiger partial charge >= 0.3 is 0 Å². The van der Waals surface area contributed by atoms with Gasteiger partial charge in [0.25, 0.3) is 5.91 Å². The van der Waals surface area contributed by atoms with Crippen molar-refractivity contribution in [2.24, 2.45) is 0 Å². The van der Waals surface area contributed by atoms with E-state index in [2.05, 4.69) is 5.32 Å². The molecule has 0 spiro atoms. The molecule has 1 rings (SSSR count). The van der Waals surface area contributed by atoms with E-state index in [-0.39, 0.29) is 11.3 Å². The second-order valence-electron chi connectivity index (χ2n) is 3.31. The van der Waals surface area contributed by atoms with Crippen LogP contribution in [0.25, 0.3) is 0 Å². The van der Waals surface area contributed by atoms with Crippen molar-refractivity contribution in [1.29, 1.82) is 0 Å². The number of carbonyl (C=O) groups excluding carboxylic acids is 1. The largest absolute Gasteiger partial charge is 0.352 e. The van der Waals surface area contributed by atoms with Crippen LogP contribution in [0.5, 0.6) is 0 Å². The molecule has 0 bridgehead atoms. The van der Waals surface area contributed by atoms with E-state index in [1.54, 1.807) is 24.3 Å². The van der Waals surface area contributed by atoms with Gasteiger partial charge in [-0.2, -0.15) is 0 Å². The van der Waals surface area contributed by atoms with Crippen molar-refractivity contribution in [2.45, 2.75) is 18.7 Å². The first-order valence-electron chi connectivity index (χ1n) is 4.78. The summed E-state index contributed by atoms with van der Waals surface area (Å²) in [4.78, 5) is 11.6. The van der Waals surface area contributed by atoms with Crippen molar-refractivity contribution < 1.29 is 4.79 Å². The summed E-state index contributed by atoms with van der Waals surface area (Å²) in [6.07, 6.45) is 0.748. The van der Waals surface area contributed by atoms with Gasteiger partial charge in [-0.15, -0.1) is 11.6 Å². The molecule has 0 aliphatic heterocycles. The fourth-order valence-corrected chi connectivity index (χ4v) is 1.46. The molecule has 0 aliphatic rings. The number of rotatable bonds is 4. The fraction of sp³-hybridized carbons (Fsp3) is 0.364. The minimum absolute atomic E-state index is 0.0662. The summed E-state index contributed by atoms with van der Waals surface area (Å²) < 4.78 is 0. The lowest BCUT2D eigenvalue weighted by molar-refractivity contribution is 0.0953. The van der Waals surface area contributed by atoms with E-state index in [1.165, 1.54) is 0 Å². The van der Waals surface area contributed by atoms with Crippen molar-refractivity contribution >= 4 is 29.1 Å². The summed E-state index contributed by atoms with van der Waals surface area (Å²) >= 11 is 11.6. The van der Waals surface area contributed by atoms with Crippen LogP contribution in [0.1, 0.15) is 23.7 Å². The monoisotopic (exact) mass is 245 g/mol. The Kier molecular flexibility index (Phi) is 4.92. The molecular weight excluding hydrogens is 233 g/mol. The van der Waals surface area contributed by atoms with Crippen LogP contribution < -0.4 is 5.32 Å². The smallest absolute Gasteiger partial charge is 0.252 e. The van der Waals surface area contributed by atoms with Gasteiger partial charge in [0.1, 0.15) is 0 Å². The van der Waals surface area contributed by atoms with Gasteiger partial charge in [0, 0.05) is 11.9 Å². The Bertz CT molecular complexity index is 339. The maximum Gasteiger partial charge on any atom is 0.252 e. The zero-order chi connectivity index (χ0) is 11.3. The van der Waals surface area contributed by atoms with Crippen molar-refractivity contribution in [1.82, 2.24) is 5.32 Å². The maximum absolute atomic E-state index is 11.6. The highest BCUT2D eigenvalue weighted by Gasteiger charge is 2.08. The topological polar surface area (TPSA) is 29.1 Å². The molecule has 0 radical (unpaired) electrons. The van der Waals surface area contributed by atoms with Crippen molar-refractivity contribution in [3.05, 3.63) is 34.9 Å². The van der Waals surface area contributed by atoms with Gasteiger partial charge in [-0.05, 0) is 25.5 Å². The second kappa shape index (κ2) is 5.99. The number of hydrogen-bond acceptors (Lipinski definition) is 1. The Morgan fingerprint density at radius 2 is 2.13 bits per heavy atom. The van der Waals surface area contributed by atoms with E-state index in [0.29, 0.717) is 17.1 Å². The predicted octanol–water partition coefficient (Wildman–Crippen LogP) is 3.09. The van der Waals surface area contributed by atoms with Crippen molar-refractivity contribution in [3.63, 3.8) is 0 Å². The fourth-order valence-electron chi connectivity index (χ4n) is 1.13. The lowest BCUT2D eigenvalue weighted by Gasteiger charge is -2.07. The Labute approximate surface area is 99.6 Å². The maximum atomic E-state index is 11.6. The lowest BCUT2D eigenvalue weighted by atomic mass is 10.2. The number of amides is 1. The summed E-state index contributed by atoms with van der Waals surface area (Å²) in [5.41, 5.74) is 0.501. The molecule has 0 aromatic heterocycles. The van der Waals surface area contributed by atoms with Crippen LogP contribution in [-0.4, -0.2) is 17.8 Å². The third-order valence-electron chi connectivity index (χ3n) is 1.95. The molecule has 0 aliphatic carbocycles. The van der Waals surface area contributed by atoms with Gasteiger partial charge < -0.3 is 5.32 Å². The number of hydrogen-bond donors (Lipinski definition) is 1. The molecule has 1 atom stereocenters. The molecule has 0 fully saturated rings. The molecule has 0 saturated heterocycles. The summed E-state index contributed by atoms with van der Waals surface area (Å²) in [6.45, 7) is 2.46. The first-order chi connectivity index (χ1) is 7.11. The average Bonchev–Trinajstić information content (AvgIpc) is 2.17. The van der Waals surface area contributed by atoms with Crippen LogP contribution in [0.2, 0.25) is 5.02 Å². The van der Waals surface area contributed by atoms with Crippen LogP contribution in [0.15, 0.2) is 24.3 Å². The first kappa shape index (κ1) is 12.3. The number of benzene rings is 1. The molecule has 1 aromatic rings. The molecule has 1 amide bonds. The summed E-state index contributed by atoms with van der Waals surface area (Å²) in [6, 6.07) is 6.97. The van der Waals surface area contributed by atoms with Gasteiger partial charge in [0.2, 0.25) is 0 Å². The van der Waals surface area contributed by atoms with Gasteiger partial charge in [-0.3, -0.25) is 4.79 Å². The molecule has 1 unspecified atom stereocenters. The highest BCUT2D eigenvalue weighted by molar-refractivity contribution is 6.33. The van der Waals surface area contributed by atoms with Gasteiger partial charge in [-0.1, -0.05) is 23.7 Å². The minimum Gasteiger partial charge on any atom is -0.352 e. The molecule has 1 N–H and O–H groups in total. The lowest BCUT2D eigenvalue weighted by Crippen LogP contribution is -2.25. The predicted molar refractivity (Wildman–Crippen MR) is 63.7 cm³/mol. The van der Waals surface area contributed by atoms with Gasteiger partial charge in [0.05, 0.1) is 10.6 Å². The molecule has 1 aromatic carbocycles. The standard InChI is InChI=1S/C11H13Cl2NO/c1-8(12)6-7-14-11(15)9-4-2-3-5-10(9)13/h2-5,8H,6-7H2,1H3,(H,14,15). The van der Waals surface area contributed by atoms with E-state index in [9.17, 15) is 4.79 Å². The molecule has 82 valence electrons. The molecule has 4 heteroatoms. The minimum atomic E-state index is -0.155. The Morgan fingerprint density at radius 3 is 2.73 bits per heavy atom. The number of halogens is 2. The second-order valence-corrected chi connectivity index (χ2v) is 4.46.